The normalized spacial score (nSPS) is 15.1. The molecule has 0 saturated carbocycles. The highest BCUT2D eigenvalue weighted by molar-refractivity contribution is 7.15. The highest BCUT2D eigenvalue weighted by Crippen LogP contribution is 2.43. The molecule has 8 heteroatoms. The van der Waals surface area contributed by atoms with Crippen molar-refractivity contribution in [3.8, 4) is 5.75 Å². The van der Waals surface area contributed by atoms with E-state index in [4.69, 9.17) is 9.15 Å². The van der Waals surface area contributed by atoms with Crippen LogP contribution in [0.25, 0.3) is 11.0 Å². The van der Waals surface area contributed by atoms with Crippen molar-refractivity contribution in [2.45, 2.75) is 46.1 Å². The van der Waals surface area contributed by atoms with E-state index in [1.54, 1.807) is 0 Å². The Bertz CT molecular complexity index is 1470. The predicted molar refractivity (Wildman–Crippen MR) is 134 cm³/mol. The number of aryl methyl sites for hydroxylation is 2. The van der Waals surface area contributed by atoms with Crippen molar-refractivity contribution in [1.82, 2.24) is 4.98 Å². The molecule has 0 spiro atoms. The van der Waals surface area contributed by atoms with Crippen LogP contribution >= 0.6 is 11.3 Å². The van der Waals surface area contributed by atoms with Gasteiger partial charge >= 0.3 is 0 Å². The van der Waals surface area contributed by atoms with Gasteiger partial charge in [-0.3, -0.25) is 14.5 Å². The SMILES string of the molecule is CCCCCOc1cccc(C2c3c(oc4ccc(F)cc4c3=O)C(=O)N2c2nc(C)c(C)s2)c1. The molecular formula is C27H25FN2O4S. The molecule has 0 N–H and O–H groups in total. The van der Waals surface area contributed by atoms with Crippen LogP contribution in [0.15, 0.2) is 51.7 Å². The zero-order valence-electron chi connectivity index (χ0n) is 19.8. The van der Waals surface area contributed by atoms with E-state index >= 15 is 0 Å². The predicted octanol–water partition coefficient (Wildman–Crippen LogP) is 6.32. The highest BCUT2D eigenvalue weighted by atomic mass is 32.1. The average Bonchev–Trinajstić information content (AvgIpc) is 3.33. The number of ether oxygens (including phenoxy) is 1. The van der Waals surface area contributed by atoms with Crippen molar-refractivity contribution in [3.05, 3.63) is 86.0 Å². The second kappa shape index (κ2) is 9.26. The monoisotopic (exact) mass is 492 g/mol. The van der Waals surface area contributed by atoms with Gasteiger partial charge in [0.15, 0.2) is 10.6 Å². The van der Waals surface area contributed by atoms with Crippen LogP contribution in [0.3, 0.4) is 0 Å². The first kappa shape index (κ1) is 23.2. The summed E-state index contributed by atoms with van der Waals surface area (Å²) >= 11 is 1.38. The Kier molecular flexibility index (Phi) is 6.15. The molecule has 0 fully saturated rings. The quantitative estimate of drug-likeness (QED) is 0.282. The minimum Gasteiger partial charge on any atom is -0.494 e. The maximum atomic E-state index is 14.0. The number of hydrogen-bond donors (Lipinski definition) is 0. The van der Waals surface area contributed by atoms with Gasteiger partial charge in [0.25, 0.3) is 5.91 Å². The van der Waals surface area contributed by atoms with Gasteiger partial charge in [0, 0.05) is 4.88 Å². The smallest absolute Gasteiger partial charge is 0.297 e. The molecule has 6 nitrogen and oxygen atoms in total. The van der Waals surface area contributed by atoms with Gasteiger partial charge < -0.3 is 9.15 Å². The molecule has 4 aromatic rings. The highest BCUT2D eigenvalue weighted by Gasteiger charge is 2.45. The summed E-state index contributed by atoms with van der Waals surface area (Å²) in [5, 5.41) is 0.576. The Labute approximate surface area is 206 Å². The number of fused-ring (bicyclic) bond motifs is 2. The summed E-state index contributed by atoms with van der Waals surface area (Å²) in [6.45, 7) is 6.53. The molecule has 1 aliphatic rings. The fraction of sp³-hybridized carbons (Fsp3) is 0.296. The summed E-state index contributed by atoms with van der Waals surface area (Å²) < 4.78 is 25.8. The molecule has 1 aliphatic heterocycles. The van der Waals surface area contributed by atoms with Crippen molar-refractivity contribution >= 4 is 33.3 Å². The molecule has 0 aliphatic carbocycles. The molecule has 0 radical (unpaired) electrons. The molecule has 2 aromatic heterocycles. The maximum absolute atomic E-state index is 14.0. The van der Waals surface area contributed by atoms with E-state index < -0.39 is 23.2 Å². The maximum Gasteiger partial charge on any atom is 0.297 e. The first-order valence-corrected chi connectivity index (χ1v) is 12.5. The number of carbonyl (C=O) groups excluding carboxylic acids is 1. The molecule has 0 saturated heterocycles. The number of aromatic nitrogens is 1. The third-order valence-corrected chi connectivity index (χ3v) is 7.32. The number of amides is 1. The topological polar surface area (TPSA) is 72.6 Å². The second-order valence-electron chi connectivity index (χ2n) is 8.66. The lowest BCUT2D eigenvalue weighted by molar-refractivity contribution is 0.0971. The standard InChI is InChI=1S/C27H25FN2O4S/c1-4-5-6-12-33-19-9-7-8-17(13-19)23-22-24(31)20-14-18(28)10-11-21(20)34-25(22)26(32)30(23)27-29-15(2)16(3)35-27/h7-11,13-14,23H,4-6,12H2,1-3H3. The van der Waals surface area contributed by atoms with E-state index in [-0.39, 0.29) is 22.3 Å². The molecule has 2 aromatic carbocycles. The largest absolute Gasteiger partial charge is 0.494 e. The zero-order chi connectivity index (χ0) is 24.7. The number of benzene rings is 2. The summed E-state index contributed by atoms with van der Waals surface area (Å²) in [5.41, 5.74) is 1.43. The van der Waals surface area contributed by atoms with Crippen molar-refractivity contribution in [1.29, 1.82) is 0 Å². The van der Waals surface area contributed by atoms with Crippen LogP contribution in [0, 0.1) is 19.7 Å². The zero-order valence-corrected chi connectivity index (χ0v) is 20.6. The van der Waals surface area contributed by atoms with Crippen molar-refractivity contribution in [2.24, 2.45) is 0 Å². The fourth-order valence-corrected chi connectivity index (χ4v) is 5.27. The summed E-state index contributed by atoms with van der Waals surface area (Å²) in [5.74, 6) is -0.381. The third-order valence-electron chi connectivity index (χ3n) is 6.25. The number of carbonyl (C=O) groups is 1. The number of unbranched alkanes of at least 4 members (excludes halogenated alkanes) is 2. The van der Waals surface area contributed by atoms with Crippen LogP contribution < -0.4 is 15.1 Å². The lowest BCUT2D eigenvalue weighted by Gasteiger charge is -2.23. The molecule has 180 valence electrons. The third kappa shape index (κ3) is 4.12. The molecule has 1 unspecified atom stereocenters. The van der Waals surface area contributed by atoms with E-state index in [2.05, 4.69) is 11.9 Å². The summed E-state index contributed by atoms with van der Waals surface area (Å²) in [7, 11) is 0. The van der Waals surface area contributed by atoms with Gasteiger partial charge in [0.1, 0.15) is 17.1 Å². The number of thiazole rings is 1. The summed E-state index contributed by atoms with van der Waals surface area (Å²) in [6.07, 6.45) is 3.11. The Morgan fingerprint density at radius 2 is 1.97 bits per heavy atom. The van der Waals surface area contributed by atoms with Crippen LogP contribution in [0.1, 0.15) is 64.5 Å². The Morgan fingerprint density at radius 1 is 1.14 bits per heavy atom. The van der Waals surface area contributed by atoms with Crippen molar-refractivity contribution in [2.75, 3.05) is 11.5 Å². The Hall–Kier alpha value is -3.52. The first-order valence-electron chi connectivity index (χ1n) is 11.7. The van der Waals surface area contributed by atoms with Crippen molar-refractivity contribution in [3.63, 3.8) is 0 Å². The van der Waals surface area contributed by atoms with E-state index in [0.29, 0.717) is 23.1 Å². The van der Waals surface area contributed by atoms with E-state index in [9.17, 15) is 14.0 Å². The second-order valence-corrected chi connectivity index (χ2v) is 9.84. The van der Waals surface area contributed by atoms with Gasteiger partial charge in [-0.2, -0.15) is 0 Å². The van der Waals surface area contributed by atoms with Gasteiger partial charge in [0.2, 0.25) is 5.76 Å². The number of nitrogens with zero attached hydrogens (tertiary/aromatic N) is 2. The minimum absolute atomic E-state index is 0.0427. The average molecular weight is 493 g/mol. The van der Waals surface area contributed by atoms with Crippen LogP contribution in [-0.2, 0) is 0 Å². The van der Waals surface area contributed by atoms with Gasteiger partial charge in [0.05, 0.1) is 29.3 Å². The lowest BCUT2D eigenvalue weighted by atomic mass is 9.98. The van der Waals surface area contributed by atoms with Crippen LogP contribution in [0.4, 0.5) is 9.52 Å². The van der Waals surface area contributed by atoms with Gasteiger partial charge in [-0.25, -0.2) is 9.37 Å². The molecule has 35 heavy (non-hydrogen) atoms. The summed E-state index contributed by atoms with van der Waals surface area (Å²) in [4.78, 5) is 34.3. The fourth-order valence-electron chi connectivity index (χ4n) is 4.33. The first-order chi connectivity index (χ1) is 16.9. The number of hydrogen-bond acceptors (Lipinski definition) is 6. The summed E-state index contributed by atoms with van der Waals surface area (Å²) in [6, 6.07) is 10.3. The van der Waals surface area contributed by atoms with Gasteiger partial charge in [-0.1, -0.05) is 31.9 Å². The molecule has 1 atom stereocenters. The number of halogens is 1. The van der Waals surface area contributed by atoms with Crippen molar-refractivity contribution < 1.29 is 18.3 Å². The Morgan fingerprint density at radius 3 is 2.71 bits per heavy atom. The van der Waals surface area contributed by atoms with Crippen LogP contribution in [0.5, 0.6) is 5.75 Å². The Balaban J connectivity index is 1.68. The molecule has 0 bridgehead atoms. The van der Waals surface area contributed by atoms with E-state index in [0.717, 1.165) is 35.9 Å². The number of rotatable bonds is 7. The molecule has 5 rings (SSSR count). The molecule has 3 heterocycles. The van der Waals surface area contributed by atoms with E-state index in [1.807, 2.05) is 38.1 Å². The van der Waals surface area contributed by atoms with Gasteiger partial charge in [-0.15, -0.1) is 11.3 Å². The minimum atomic E-state index is -0.773. The van der Waals surface area contributed by atoms with Crippen LogP contribution in [-0.4, -0.2) is 17.5 Å². The van der Waals surface area contributed by atoms with Gasteiger partial charge in [-0.05, 0) is 56.2 Å². The number of anilines is 1. The molecule has 1 amide bonds. The molecular weight excluding hydrogens is 467 g/mol. The van der Waals surface area contributed by atoms with E-state index in [1.165, 1.54) is 28.4 Å². The van der Waals surface area contributed by atoms with Crippen LogP contribution in [0.2, 0.25) is 0 Å². The lowest BCUT2D eigenvalue weighted by Crippen LogP contribution is -2.29.